The first-order chi connectivity index (χ1) is 13.3. The van der Waals surface area contributed by atoms with E-state index in [0.29, 0.717) is 17.8 Å². The minimum atomic E-state index is -0.0923. The molecule has 27 heavy (non-hydrogen) atoms. The number of hydrogen-bond acceptors (Lipinski definition) is 6. The van der Waals surface area contributed by atoms with Crippen LogP contribution in [0.2, 0.25) is 0 Å². The molecule has 0 radical (unpaired) electrons. The van der Waals surface area contributed by atoms with Gasteiger partial charge in [-0.2, -0.15) is 0 Å². The molecule has 0 amide bonds. The minimum absolute atomic E-state index is 0.00727. The fourth-order valence-electron chi connectivity index (χ4n) is 3.50. The molecule has 0 aliphatic carbocycles. The molecule has 3 N–H and O–H groups in total. The van der Waals surface area contributed by atoms with Crippen molar-refractivity contribution in [3.63, 3.8) is 0 Å². The van der Waals surface area contributed by atoms with Crippen molar-refractivity contribution in [1.82, 2.24) is 25.8 Å². The van der Waals surface area contributed by atoms with Gasteiger partial charge in [0.05, 0.1) is 17.3 Å². The molecule has 0 bridgehead atoms. The third-order valence-electron chi connectivity index (χ3n) is 4.86. The summed E-state index contributed by atoms with van der Waals surface area (Å²) in [5, 5.41) is 0.638. The van der Waals surface area contributed by atoms with E-state index < -0.39 is 0 Å². The lowest BCUT2D eigenvalue weighted by atomic mass is 9.95. The van der Waals surface area contributed by atoms with Crippen LogP contribution < -0.4 is 16.4 Å². The van der Waals surface area contributed by atoms with Gasteiger partial charge in [0.1, 0.15) is 10.7 Å². The van der Waals surface area contributed by atoms with Crippen LogP contribution in [0.4, 0.5) is 0 Å². The molecule has 4 aromatic rings. The molecule has 3 aromatic heterocycles. The van der Waals surface area contributed by atoms with Crippen LogP contribution in [0.15, 0.2) is 65.7 Å². The Bertz CT molecular complexity index is 1140. The molecule has 6 nitrogen and oxygen atoms in total. The molecule has 5 rings (SSSR count). The summed E-state index contributed by atoms with van der Waals surface area (Å²) in [6.07, 6.45) is 3.59. The Labute approximate surface area is 159 Å². The molecule has 134 valence electrons. The third-order valence-corrected chi connectivity index (χ3v) is 5.93. The normalized spacial score (nSPS) is 19.6. The van der Waals surface area contributed by atoms with Crippen molar-refractivity contribution in [3.05, 3.63) is 82.7 Å². The number of nitrogens with zero attached hydrogens (tertiary/aromatic N) is 2. The molecule has 2 unspecified atom stereocenters. The molecule has 1 fully saturated rings. The highest BCUT2D eigenvalue weighted by Gasteiger charge is 2.32. The summed E-state index contributed by atoms with van der Waals surface area (Å²) in [5.41, 5.74) is 8.52. The zero-order valence-corrected chi connectivity index (χ0v) is 15.2. The number of rotatable bonds is 3. The summed E-state index contributed by atoms with van der Waals surface area (Å²) in [7, 11) is 0. The molecule has 0 saturated carbocycles. The molecule has 1 saturated heterocycles. The van der Waals surface area contributed by atoms with Gasteiger partial charge in [-0.05, 0) is 23.3 Å². The maximum absolute atomic E-state index is 12.7. The van der Waals surface area contributed by atoms with Gasteiger partial charge < -0.3 is 4.98 Å². The van der Waals surface area contributed by atoms with Gasteiger partial charge in [0, 0.05) is 23.8 Å². The van der Waals surface area contributed by atoms with Crippen molar-refractivity contribution in [2.75, 3.05) is 6.54 Å². The summed E-state index contributed by atoms with van der Waals surface area (Å²) < 4.78 is 0. The van der Waals surface area contributed by atoms with E-state index in [1.807, 2.05) is 54.7 Å². The first-order valence-electron chi connectivity index (χ1n) is 8.77. The Balaban J connectivity index is 1.57. The number of hydrazine groups is 1. The summed E-state index contributed by atoms with van der Waals surface area (Å²) in [5.74, 6) is 0.717. The van der Waals surface area contributed by atoms with E-state index in [1.165, 1.54) is 0 Å². The summed E-state index contributed by atoms with van der Waals surface area (Å²) >= 11 is 1.55. The third kappa shape index (κ3) is 2.95. The molecule has 1 aliphatic heterocycles. The number of aromatic amines is 1. The highest BCUT2D eigenvalue weighted by molar-refractivity contribution is 7.21. The van der Waals surface area contributed by atoms with Crippen LogP contribution >= 0.6 is 11.3 Å². The predicted octanol–water partition coefficient (Wildman–Crippen LogP) is 2.98. The number of hydrogen-bond donors (Lipinski definition) is 3. The van der Waals surface area contributed by atoms with Crippen LogP contribution in [-0.4, -0.2) is 21.5 Å². The fraction of sp³-hybridized carbons (Fsp3) is 0.150. The van der Waals surface area contributed by atoms with E-state index in [-0.39, 0.29) is 17.5 Å². The van der Waals surface area contributed by atoms with E-state index in [0.717, 1.165) is 20.8 Å². The van der Waals surface area contributed by atoms with Crippen LogP contribution in [-0.2, 0) is 0 Å². The first-order valence-corrected chi connectivity index (χ1v) is 9.59. The van der Waals surface area contributed by atoms with E-state index in [2.05, 4.69) is 20.8 Å². The lowest BCUT2D eigenvalue weighted by Crippen LogP contribution is -2.25. The van der Waals surface area contributed by atoms with Crippen molar-refractivity contribution < 1.29 is 0 Å². The number of aromatic nitrogens is 3. The summed E-state index contributed by atoms with van der Waals surface area (Å²) in [4.78, 5) is 26.5. The quantitative estimate of drug-likeness (QED) is 0.513. The Morgan fingerprint density at radius 2 is 2.00 bits per heavy atom. The summed E-state index contributed by atoms with van der Waals surface area (Å²) in [6, 6.07) is 15.9. The second kappa shape index (κ2) is 6.70. The fourth-order valence-corrected chi connectivity index (χ4v) is 4.54. The van der Waals surface area contributed by atoms with Crippen LogP contribution in [0.5, 0.6) is 0 Å². The molecule has 0 spiro atoms. The Kier molecular flexibility index (Phi) is 4.05. The molecule has 7 heteroatoms. The first kappa shape index (κ1) is 16.3. The highest BCUT2D eigenvalue weighted by atomic mass is 32.1. The van der Waals surface area contributed by atoms with E-state index in [4.69, 9.17) is 4.98 Å². The highest BCUT2D eigenvalue weighted by Crippen LogP contribution is 2.34. The van der Waals surface area contributed by atoms with Crippen molar-refractivity contribution >= 4 is 21.6 Å². The van der Waals surface area contributed by atoms with Gasteiger partial charge in [-0.15, -0.1) is 11.3 Å². The molecule has 4 heterocycles. The summed E-state index contributed by atoms with van der Waals surface area (Å²) in [6.45, 7) is 0.685. The van der Waals surface area contributed by atoms with Crippen molar-refractivity contribution in [1.29, 1.82) is 0 Å². The lowest BCUT2D eigenvalue weighted by Gasteiger charge is -2.17. The maximum Gasteiger partial charge on any atom is 0.259 e. The van der Waals surface area contributed by atoms with Crippen LogP contribution in [0.1, 0.15) is 23.3 Å². The van der Waals surface area contributed by atoms with Gasteiger partial charge >= 0.3 is 0 Å². The topological polar surface area (TPSA) is 82.7 Å². The van der Waals surface area contributed by atoms with Crippen molar-refractivity contribution in [2.45, 2.75) is 12.0 Å². The SMILES string of the molecule is O=c1[nH]c(C2CNNC2c2cccnc2)nc2sc(-c3ccccc3)cc12. The van der Waals surface area contributed by atoms with Crippen LogP contribution in [0.3, 0.4) is 0 Å². The van der Waals surface area contributed by atoms with Gasteiger partial charge in [-0.1, -0.05) is 36.4 Å². The molecular weight excluding hydrogens is 358 g/mol. The maximum atomic E-state index is 12.7. The van der Waals surface area contributed by atoms with E-state index >= 15 is 0 Å². The van der Waals surface area contributed by atoms with E-state index in [1.54, 1.807) is 17.5 Å². The van der Waals surface area contributed by atoms with Crippen LogP contribution in [0, 0.1) is 0 Å². The number of fused-ring (bicyclic) bond motifs is 1. The van der Waals surface area contributed by atoms with Gasteiger partial charge in [0.15, 0.2) is 0 Å². The largest absolute Gasteiger partial charge is 0.310 e. The Hall–Kier alpha value is -2.87. The molecule has 1 aliphatic rings. The molecular formula is C20H17N5OS. The number of H-pyrrole nitrogens is 1. The number of nitrogens with one attached hydrogen (secondary N) is 3. The van der Waals surface area contributed by atoms with Gasteiger partial charge in [0.2, 0.25) is 0 Å². The second-order valence-corrected chi connectivity index (χ2v) is 7.57. The monoisotopic (exact) mass is 375 g/mol. The number of thiophene rings is 1. The molecule has 2 atom stereocenters. The average molecular weight is 375 g/mol. The minimum Gasteiger partial charge on any atom is -0.310 e. The van der Waals surface area contributed by atoms with Gasteiger partial charge in [0.25, 0.3) is 5.56 Å². The number of benzene rings is 1. The standard InChI is InChI=1S/C20H17N5OS/c26-19-14-9-16(12-5-2-1-3-6-12)27-20(14)24-18(23-19)15-11-22-25-17(15)13-7-4-8-21-10-13/h1-10,15,17,22,25H,11H2,(H,23,24,26). The zero-order valence-electron chi connectivity index (χ0n) is 14.3. The van der Waals surface area contributed by atoms with E-state index in [9.17, 15) is 4.79 Å². The zero-order chi connectivity index (χ0) is 18.2. The predicted molar refractivity (Wildman–Crippen MR) is 107 cm³/mol. The smallest absolute Gasteiger partial charge is 0.259 e. The second-order valence-electron chi connectivity index (χ2n) is 6.54. The Morgan fingerprint density at radius 3 is 2.81 bits per heavy atom. The Morgan fingerprint density at radius 1 is 1.11 bits per heavy atom. The van der Waals surface area contributed by atoms with Gasteiger partial charge in [-0.25, -0.2) is 10.4 Å². The van der Waals surface area contributed by atoms with Crippen molar-refractivity contribution in [3.8, 4) is 10.4 Å². The van der Waals surface area contributed by atoms with Crippen LogP contribution in [0.25, 0.3) is 20.7 Å². The van der Waals surface area contributed by atoms with Crippen molar-refractivity contribution in [2.24, 2.45) is 0 Å². The van der Waals surface area contributed by atoms with Gasteiger partial charge in [-0.3, -0.25) is 15.2 Å². The molecule has 1 aromatic carbocycles. The number of pyridine rings is 1. The lowest BCUT2D eigenvalue weighted by molar-refractivity contribution is 0.540. The average Bonchev–Trinajstić information content (AvgIpc) is 3.37.